The first-order chi connectivity index (χ1) is 14.7. The van der Waals surface area contributed by atoms with Gasteiger partial charge in [-0.25, -0.2) is 9.31 Å². The number of likely N-dealkylation sites (tertiary alicyclic amines) is 1. The number of ether oxygens (including phenoxy) is 1. The first kappa shape index (κ1) is 19.0. The summed E-state index contributed by atoms with van der Waals surface area (Å²) in [5.74, 6) is 0.0687. The number of rotatable bonds is 5. The fourth-order valence-electron chi connectivity index (χ4n) is 4.16. The highest BCUT2D eigenvalue weighted by atomic mass is 16.5. The number of nitrogens with zero attached hydrogens (tertiary/aromatic N) is 5. The van der Waals surface area contributed by atoms with Crippen LogP contribution in [0.3, 0.4) is 0 Å². The molecule has 2 saturated heterocycles. The van der Waals surface area contributed by atoms with Crippen molar-refractivity contribution in [2.45, 2.75) is 12.6 Å². The molecule has 156 valence electrons. The third-order valence-electron chi connectivity index (χ3n) is 5.73. The number of amides is 1. The Bertz CT molecular complexity index is 1040. The number of hydrogen-bond donors (Lipinski definition) is 2. The number of pyridine rings is 1. The maximum absolute atomic E-state index is 10.9. The Labute approximate surface area is 173 Å². The van der Waals surface area contributed by atoms with E-state index in [9.17, 15) is 4.79 Å². The van der Waals surface area contributed by atoms with E-state index in [4.69, 9.17) is 9.84 Å². The number of benzene rings is 1. The fourth-order valence-corrected chi connectivity index (χ4v) is 4.16. The summed E-state index contributed by atoms with van der Waals surface area (Å²) in [5.41, 5.74) is 3.74. The minimum absolute atomic E-state index is 0.0687. The quantitative estimate of drug-likeness (QED) is 0.667. The van der Waals surface area contributed by atoms with Gasteiger partial charge in [0.05, 0.1) is 18.9 Å². The second-order valence-electron chi connectivity index (χ2n) is 7.74. The van der Waals surface area contributed by atoms with Crippen molar-refractivity contribution in [3.8, 4) is 11.3 Å². The summed E-state index contributed by atoms with van der Waals surface area (Å²) < 4.78 is 7.09. The highest BCUT2D eigenvalue weighted by molar-refractivity contribution is 5.80. The molecule has 30 heavy (non-hydrogen) atoms. The lowest BCUT2D eigenvalue weighted by Gasteiger charge is -2.46. The van der Waals surface area contributed by atoms with E-state index in [-0.39, 0.29) is 5.95 Å². The monoisotopic (exact) mass is 408 g/mol. The summed E-state index contributed by atoms with van der Waals surface area (Å²) in [5, 5.41) is 15.4. The van der Waals surface area contributed by atoms with Crippen LogP contribution < -0.4 is 5.32 Å². The Hall–Kier alpha value is -3.01. The lowest BCUT2D eigenvalue weighted by atomic mass is 10.0. The third kappa shape index (κ3) is 3.87. The van der Waals surface area contributed by atoms with Crippen molar-refractivity contribution in [3.63, 3.8) is 0 Å². The molecule has 1 aromatic carbocycles. The van der Waals surface area contributed by atoms with Crippen LogP contribution in [-0.2, 0) is 11.3 Å². The van der Waals surface area contributed by atoms with Gasteiger partial charge in [0, 0.05) is 44.3 Å². The average Bonchev–Trinajstić information content (AvgIpc) is 3.13. The van der Waals surface area contributed by atoms with Gasteiger partial charge in [0.25, 0.3) is 5.95 Å². The number of fused-ring (bicyclic) bond motifs is 1. The van der Waals surface area contributed by atoms with Crippen LogP contribution in [0.1, 0.15) is 5.56 Å². The fraction of sp³-hybridized carbons (Fsp3) is 0.381. The van der Waals surface area contributed by atoms with Gasteiger partial charge in [0.15, 0.2) is 5.65 Å². The molecule has 2 fully saturated rings. The van der Waals surface area contributed by atoms with E-state index in [0.29, 0.717) is 11.7 Å². The molecule has 0 bridgehead atoms. The Kier molecular flexibility index (Phi) is 5.07. The molecule has 0 atom stereocenters. The molecule has 4 heterocycles. The topological polar surface area (TPSA) is 95.2 Å². The van der Waals surface area contributed by atoms with Gasteiger partial charge in [0.1, 0.15) is 0 Å². The van der Waals surface area contributed by atoms with E-state index in [0.717, 1.165) is 57.2 Å². The maximum Gasteiger partial charge on any atom is 0.411 e. The number of morpholine rings is 1. The zero-order valence-corrected chi connectivity index (χ0v) is 16.6. The molecule has 2 aliphatic heterocycles. The van der Waals surface area contributed by atoms with E-state index in [1.165, 1.54) is 5.56 Å². The number of hydrogen-bond acceptors (Lipinski definition) is 6. The molecule has 0 aliphatic carbocycles. The van der Waals surface area contributed by atoms with E-state index in [1.807, 2.05) is 12.1 Å². The zero-order valence-electron chi connectivity index (χ0n) is 16.6. The van der Waals surface area contributed by atoms with Gasteiger partial charge >= 0.3 is 6.09 Å². The molecule has 3 aromatic rings. The summed E-state index contributed by atoms with van der Waals surface area (Å²) in [6, 6.07) is 14.7. The third-order valence-corrected chi connectivity index (χ3v) is 5.73. The summed E-state index contributed by atoms with van der Waals surface area (Å²) in [7, 11) is 0. The van der Waals surface area contributed by atoms with Gasteiger partial charge in [-0.15, -0.1) is 5.10 Å². The van der Waals surface area contributed by atoms with Gasteiger partial charge in [-0.2, -0.15) is 4.98 Å². The second-order valence-corrected chi connectivity index (χ2v) is 7.74. The Morgan fingerprint density at radius 2 is 1.90 bits per heavy atom. The molecular weight excluding hydrogens is 384 g/mol. The molecular formula is C21H24N6O3. The van der Waals surface area contributed by atoms with Gasteiger partial charge in [0.2, 0.25) is 0 Å². The van der Waals surface area contributed by atoms with Crippen molar-refractivity contribution < 1.29 is 14.6 Å². The van der Waals surface area contributed by atoms with Crippen molar-refractivity contribution in [2.24, 2.45) is 0 Å². The Morgan fingerprint density at radius 1 is 1.13 bits per heavy atom. The van der Waals surface area contributed by atoms with Gasteiger partial charge in [-0.3, -0.25) is 15.1 Å². The minimum atomic E-state index is -1.18. The van der Waals surface area contributed by atoms with Crippen molar-refractivity contribution in [3.05, 3.63) is 48.0 Å². The van der Waals surface area contributed by atoms with Crippen LogP contribution >= 0.6 is 0 Å². The Balaban J connectivity index is 1.25. The molecule has 9 heteroatoms. The van der Waals surface area contributed by atoms with Crippen molar-refractivity contribution in [2.75, 3.05) is 44.7 Å². The molecule has 2 aromatic heterocycles. The van der Waals surface area contributed by atoms with Crippen LogP contribution in [-0.4, -0.2) is 81.0 Å². The van der Waals surface area contributed by atoms with E-state index in [2.05, 4.69) is 49.5 Å². The molecule has 0 unspecified atom stereocenters. The highest BCUT2D eigenvalue weighted by Gasteiger charge is 2.32. The van der Waals surface area contributed by atoms with Gasteiger partial charge in [-0.05, 0) is 17.7 Å². The number of nitrogens with one attached hydrogen (secondary N) is 1. The molecule has 9 nitrogen and oxygen atoms in total. The van der Waals surface area contributed by atoms with Crippen molar-refractivity contribution in [1.82, 2.24) is 24.4 Å². The zero-order chi connectivity index (χ0) is 20.5. The van der Waals surface area contributed by atoms with Crippen molar-refractivity contribution >= 4 is 17.7 Å². The number of anilines is 1. The Morgan fingerprint density at radius 3 is 2.63 bits per heavy atom. The lowest BCUT2D eigenvalue weighted by molar-refractivity contribution is -0.0344. The normalized spacial score (nSPS) is 18.4. The number of carboxylic acid groups (broad SMARTS) is 1. The van der Waals surface area contributed by atoms with Crippen LogP contribution in [0.15, 0.2) is 42.5 Å². The number of carbonyl (C=O) groups is 1. The molecule has 5 rings (SSSR count). The molecule has 0 saturated carbocycles. The molecule has 2 N–H and O–H groups in total. The summed E-state index contributed by atoms with van der Waals surface area (Å²) in [6.45, 7) is 6.96. The highest BCUT2D eigenvalue weighted by Crippen LogP contribution is 2.23. The predicted molar refractivity (Wildman–Crippen MR) is 112 cm³/mol. The predicted octanol–water partition coefficient (Wildman–Crippen LogP) is 2.00. The second kappa shape index (κ2) is 8.02. The van der Waals surface area contributed by atoms with Crippen molar-refractivity contribution in [1.29, 1.82) is 0 Å². The van der Waals surface area contributed by atoms with Gasteiger partial charge in [-0.1, -0.05) is 30.3 Å². The number of aromatic nitrogens is 3. The van der Waals surface area contributed by atoms with E-state index >= 15 is 0 Å². The maximum atomic E-state index is 10.9. The largest absolute Gasteiger partial charge is 0.465 e. The van der Waals surface area contributed by atoms with Crippen LogP contribution in [0.25, 0.3) is 16.9 Å². The summed E-state index contributed by atoms with van der Waals surface area (Å²) >= 11 is 0. The first-order valence-corrected chi connectivity index (χ1v) is 10.1. The van der Waals surface area contributed by atoms with Gasteiger partial charge < -0.3 is 9.84 Å². The van der Waals surface area contributed by atoms with E-state index in [1.54, 1.807) is 10.6 Å². The standard InChI is InChI=1S/C21H24N6O3/c28-21(29)23-20-22-19-3-1-2-18(27(19)24-20)16-6-4-15(5-7-16)12-25-13-17(14-25)26-8-10-30-11-9-26/h1-7,17H,8-14H2,(H,23,24)(H,28,29). The molecule has 2 aliphatic rings. The smallest absolute Gasteiger partial charge is 0.411 e. The first-order valence-electron chi connectivity index (χ1n) is 10.1. The molecule has 0 radical (unpaired) electrons. The average molecular weight is 408 g/mol. The molecule has 1 amide bonds. The lowest BCUT2D eigenvalue weighted by Crippen LogP contribution is -2.60. The van der Waals surface area contributed by atoms with E-state index < -0.39 is 6.09 Å². The van der Waals surface area contributed by atoms with Crippen LogP contribution in [0, 0.1) is 0 Å². The molecule has 0 spiro atoms. The van der Waals surface area contributed by atoms with Crippen LogP contribution in [0.2, 0.25) is 0 Å². The summed E-state index contributed by atoms with van der Waals surface area (Å²) in [6.07, 6.45) is -1.18. The minimum Gasteiger partial charge on any atom is -0.465 e. The summed E-state index contributed by atoms with van der Waals surface area (Å²) in [4.78, 5) is 20.1. The SMILES string of the molecule is O=C(O)Nc1nc2cccc(-c3ccc(CN4CC(N5CCOCC5)C4)cc3)n2n1. The van der Waals surface area contributed by atoms with Crippen LogP contribution in [0.4, 0.5) is 10.7 Å². The van der Waals surface area contributed by atoms with Crippen LogP contribution in [0.5, 0.6) is 0 Å².